The van der Waals surface area contributed by atoms with Gasteiger partial charge in [-0.2, -0.15) is 0 Å². The first-order valence-corrected chi connectivity index (χ1v) is 7.86. The largest absolute Gasteiger partial charge is 0.385 e. The Bertz CT molecular complexity index is 524. The number of rotatable bonds is 6. The second-order valence-corrected chi connectivity index (χ2v) is 6.33. The van der Waals surface area contributed by atoms with Crippen molar-refractivity contribution in [1.29, 1.82) is 0 Å². The van der Waals surface area contributed by atoms with Crippen LogP contribution in [-0.2, 0) is 11.2 Å². The second kappa shape index (κ2) is 6.06. The maximum atomic E-state index is 12.3. The maximum absolute atomic E-state index is 12.3. The Morgan fingerprint density at radius 1 is 1.43 bits per heavy atom. The van der Waals surface area contributed by atoms with E-state index in [4.69, 9.17) is 4.74 Å². The molecule has 0 spiro atoms. The number of ether oxygens (including phenoxy) is 1. The highest BCUT2D eigenvalue weighted by atomic mass is 16.5. The van der Waals surface area contributed by atoms with Gasteiger partial charge in [0, 0.05) is 38.1 Å². The van der Waals surface area contributed by atoms with Gasteiger partial charge in [0.15, 0.2) is 0 Å². The van der Waals surface area contributed by atoms with Crippen LogP contribution in [0.1, 0.15) is 41.6 Å². The van der Waals surface area contributed by atoms with Crippen LogP contribution in [0.4, 0.5) is 5.69 Å². The fourth-order valence-electron chi connectivity index (χ4n) is 3.00. The molecule has 4 heteroatoms. The van der Waals surface area contributed by atoms with E-state index in [0.717, 1.165) is 44.5 Å². The molecule has 21 heavy (non-hydrogen) atoms. The lowest BCUT2D eigenvalue weighted by Crippen LogP contribution is -2.31. The van der Waals surface area contributed by atoms with Crippen LogP contribution >= 0.6 is 0 Å². The molecule has 1 aliphatic carbocycles. The van der Waals surface area contributed by atoms with Gasteiger partial charge in [-0.1, -0.05) is 0 Å². The predicted octanol–water partition coefficient (Wildman–Crippen LogP) is 2.59. The molecule has 0 atom stereocenters. The standard InChI is InChI=1S/C17H24N2O2/c1-21-10-8-17(6-7-17)12-19-16(20)14-4-5-15-13(11-14)3-2-9-18-15/h4-5,11,18H,2-3,6-10,12H2,1H3,(H,19,20). The van der Waals surface area contributed by atoms with Crippen molar-refractivity contribution in [3.8, 4) is 0 Å². The number of methoxy groups -OCH3 is 1. The van der Waals surface area contributed by atoms with E-state index in [1.165, 1.54) is 24.1 Å². The van der Waals surface area contributed by atoms with E-state index >= 15 is 0 Å². The summed E-state index contributed by atoms with van der Waals surface area (Å²) < 4.78 is 5.15. The van der Waals surface area contributed by atoms with E-state index in [1.807, 2.05) is 18.2 Å². The molecule has 0 radical (unpaired) electrons. The average Bonchev–Trinajstić information content (AvgIpc) is 3.30. The van der Waals surface area contributed by atoms with Gasteiger partial charge in [0.25, 0.3) is 5.91 Å². The molecule has 0 bridgehead atoms. The number of hydrogen-bond acceptors (Lipinski definition) is 3. The van der Waals surface area contributed by atoms with E-state index in [9.17, 15) is 4.79 Å². The third-order valence-electron chi connectivity index (χ3n) is 4.72. The van der Waals surface area contributed by atoms with Crippen LogP contribution in [0.15, 0.2) is 18.2 Å². The molecule has 114 valence electrons. The van der Waals surface area contributed by atoms with E-state index < -0.39 is 0 Å². The maximum Gasteiger partial charge on any atom is 0.251 e. The number of amides is 1. The molecule has 2 aliphatic rings. The summed E-state index contributed by atoms with van der Waals surface area (Å²) in [4.78, 5) is 12.3. The number of hydrogen-bond donors (Lipinski definition) is 2. The SMILES string of the molecule is COCCC1(CNC(=O)c2ccc3c(c2)CCCN3)CC1. The monoisotopic (exact) mass is 288 g/mol. The molecule has 1 aromatic rings. The van der Waals surface area contributed by atoms with Crippen molar-refractivity contribution in [2.75, 3.05) is 32.1 Å². The molecule has 1 aromatic carbocycles. The Labute approximate surface area is 126 Å². The van der Waals surface area contributed by atoms with E-state index in [0.29, 0.717) is 5.41 Å². The minimum Gasteiger partial charge on any atom is -0.385 e. The summed E-state index contributed by atoms with van der Waals surface area (Å²) >= 11 is 0. The first-order chi connectivity index (χ1) is 10.2. The topological polar surface area (TPSA) is 50.4 Å². The number of nitrogens with one attached hydrogen (secondary N) is 2. The van der Waals surface area contributed by atoms with Crippen molar-refractivity contribution >= 4 is 11.6 Å². The van der Waals surface area contributed by atoms with Gasteiger partial charge in [0.1, 0.15) is 0 Å². The molecular weight excluding hydrogens is 264 g/mol. The summed E-state index contributed by atoms with van der Waals surface area (Å²) in [5.74, 6) is 0.0482. The van der Waals surface area contributed by atoms with E-state index in [2.05, 4.69) is 10.6 Å². The number of carbonyl (C=O) groups is 1. The first-order valence-electron chi connectivity index (χ1n) is 7.86. The summed E-state index contributed by atoms with van der Waals surface area (Å²) in [5, 5.41) is 6.48. The fraction of sp³-hybridized carbons (Fsp3) is 0.588. The molecule has 1 saturated carbocycles. The lowest BCUT2D eigenvalue weighted by Gasteiger charge is -2.19. The van der Waals surface area contributed by atoms with Gasteiger partial charge in [0.05, 0.1) is 0 Å². The number of anilines is 1. The van der Waals surface area contributed by atoms with Crippen LogP contribution in [0.3, 0.4) is 0 Å². The van der Waals surface area contributed by atoms with Gasteiger partial charge in [-0.05, 0) is 61.3 Å². The van der Waals surface area contributed by atoms with Gasteiger partial charge in [0.2, 0.25) is 0 Å². The number of aryl methyl sites for hydroxylation is 1. The zero-order valence-corrected chi connectivity index (χ0v) is 12.7. The van der Waals surface area contributed by atoms with Gasteiger partial charge in [-0.3, -0.25) is 4.79 Å². The van der Waals surface area contributed by atoms with Gasteiger partial charge in [-0.25, -0.2) is 0 Å². The van der Waals surface area contributed by atoms with Crippen molar-refractivity contribution in [1.82, 2.24) is 5.32 Å². The van der Waals surface area contributed by atoms with Crippen molar-refractivity contribution < 1.29 is 9.53 Å². The van der Waals surface area contributed by atoms with Gasteiger partial charge >= 0.3 is 0 Å². The Morgan fingerprint density at radius 3 is 3.05 bits per heavy atom. The summed E-state index contributed by atoms with van der Waals surface area (Å²) in [7, 11) is 1.73. The fourth-order valence-corrected chi connectivity index (χ4v) is 3.00. The highest BCUT2D eigenvalue weighted by molar-refractivity contribution is 5.95. The second-order valence-electron chi connectivity index (χ2n) is 6.33. The van der Waals surface area contributed by atoms with Crippen LogP contribution < -0.4 is 10.6 Å². The third-order valence-corrected chi connectivity index (χ3v) is 4.72. The van der Waals surface area contributed by atoms with Crippen molar-refractivity contribution in [2.24, 2.45) is 5.41 Å². The van der Waals surface area contributed by atoms with E-state index in [-0.39, 0.29) is 5.91 Å². The zero-order chi connectivity index (χ0) is 14.7. The predicted molar refractivity (Wildman–Crippen MR) is 83.7 cm³/mol. The molecule has 0 aromatic heterocycles. The lowest BCUT2D eigenvalue weighted by atomic mass is 10.00. The van der Waals surface area contributed by atoms with Gasteiger partial charge in [-0.15, -0.1) is 0 Å². The molecule has 1 heterocycles. The number of fused-ring (bicyclic) bond motifs is 1. The van der Waals surface area contributed by atoms with Gasteiger partial charge < -0.3 is 15.4 Å². The molecule has 2 N–H and O–H groups in total. The Hall–Kier alpha value is -1.55. The van der Waals surface area contributed by atoms with Crippen LogP contribution in [0.2, 0.25) is 0 Å². The quantitative estimate of drug-likeness (QED) is 0.846. The van der Waals surface area contributed by atoms with Crippen LogP contribution in [-0.4, -0.2) is 32.7 Å². The molecule has 3 rings (SSSR count). The van der Waals surface area contributed by atoms with Crippen molar-refractivity contribution in [2.45, 2.75) is 32.1 Å². The lowest BCUT2D eigenvalue weighted by molar-refractivity contribution is 0.0938. The molecule has 1 amide bonds. The summed E-state index contributed by atoms with van der Waals surface area (Å²) in [5.41, 5.74) is 3.51. The smallest absolute Gasteiger partial charge is 0.251 e. The Kier molecular flexibility index (Phi) is 4.15. The average molecular weight is 288 g/mol. The molecular formula is C17H24N2O2. The van der Waals surface area contributed by atoms with Crippen LogP contribution in [0.25, 0.3) is 0 Å². The minimum absolute atomic E-state index is 0.0482. The third kappa shape index (κ3) is 3.38. The minimum atomic E-state index is 0.0482. The highest BCUT2D eigenvalue weighted by Gasteiger charge is 2.42. The van der Waals surface area contributed by atoms with Crippen molar-refractivity contribution in [3.63, 3.8) is 0 Å². The number of carbonyl (C=O) groups excluding carboxylic acids is 1. The molecule has 4 nitrogen and oxygen atoms in total. The van der Waals surface area contributed by atoms with Crippen molar-refractivity contribution in [3.05, 3.63) is 29.3 Å². The summed E-state index contributed by atoms with van der Waals surface area (Å²) in [6, 6.07) is 5.98. The molecule has 1 fully saturated rings. The number of benzene rings is 1. The Balaban J connectivity index is 1.58. The first kappa shape index (κ1) is 14.4. The molecule has 0 saturated heterocycles. The molecule has 0 unspecified atom stereocenters. The Morgan fingerprint density at radius 2 is 2.29 bits per heavy atom. The zero-order valence-electron chi connectivity index (χ0n) is 12.7. The van der Waals surface area contributed by atoms with Crippen LogP contribution in [0, 0.1) is 5.41 Å². The molecule has 1 aliphatic heterocycles. The highest BCUT2D eigenvalue weighted by Crippen LogP contribution is 2.48. The van der Waals surface area contributed by atoms with Crippen LogP contribution in [0.5, 0.6) is 0 Å². The summed E-state index contributed by atoms with van der Waals surface area (Å²) in [6.45, 7) is 2.57. The van der Waals surface area contributed by atoms with E-state index in [1.54, 1.807) is 7.11 Å². The summed E-state index contributed by atoms with van der Waals surface area (Å²) in [6.07, 6.45) is 5.63. The normalized spacial score (nSPS) is 18.5.